The Hall–Kier alpha value is -1.59. The van der Waals surface area contributed by atoms with Crippen molar-refractivity contribution in [2.75, 3.05) is 18.0 Å². The monoisotopic (exact) mass is 363 g/mol. The number of amides is 1. The van der Waals surface area contributed by atoms with Crippen molar-refractivity contribution in [1.29, 1.82) is 0 Å². The molecule has 0 aliphatic carbocycles. The van der Waals surface area contributed by atoms with Crippen molar-refractivity contribution < 1.29 is 4.79 Å². The topological polar surface area (TPSA) is 45.2 Å². The van der Waals surface area contributed by atoms with E-state index in [1.807, 2.05) is 30.6 Å². The minimum absolute atomic E-state index is 0.105. The van der Waals surface area contributed by atoms with E-state index in [4.69, 9.17) is 11.6 Å². The molecule has 0 saturated carbocycles. The Bertz CT molecular complexity index is 690. The maximum atomic E-state index is 12.1. The number of hydrogen-bond donors (Lipinski definition) is 1. The molecule has 2 aromatic rings. The number of thiazole rings is 1. The summed E-state index contributed by atoms with van der Waals surface area (Å²) in [5.41, 5.74) is 2.21. The number of aryl methyl sites for hydroxylation is 2. The molecule has 0 radical (unpaired) electrons. The third kappa shape index (κ3) is 4.28. The molecule has 1 saturated heterocycles. The van der Waals surface area contributed by atoms with Crippen LogP contribution in [-0.2, 0) is 11.2 Å². The summed E-state index contributed by atoms with van der Waals surface area (Å²) in [5.74, 6) is 0.105. The highest BCUT2D eigenvalue weighted by Gasteiger charge is 2.26. The van der Waals surface area contributed by atoms with Crippen LogP contribution in [-0.4, -0.2) is 30.0 Å². The first-order valence-electron chi connectivity index (χ1n) is 8.31. The number of anilines is 1. The van der Waals surface area contributed by atoms with Crippen LogP contribution < -0.4 is 10.2 Å². The average Bonchev–Trinajstić information content (AvgIpc) is 3.24. The van der Waals surface area contributed by atoms with Crippen LogP contribution in [0.2, 0.25) is 5.02 Å². The molecule has 1 fully saturated rings. The van der Waals surface area contributed by atoms with E-state index in [0.717, 1.165) is 47.1 Å². The molecule has 6 heteroatoms. The summed E-state index contributed by atoms with van der Waals surface area (Å²) >= 11 is 7.69. The number of carbonyl (C=O) groups excluding carboxylic acids is 1. The van der Waals surface area contributed by atoms with Crippen LogP contribution in [0.15, 0.2) is 29.8 Å². The first-order valence-corrected chi connectivity index (χ1v) is 9.57. The Morgan fingerprint density at radius 2 is 2.38 bits per heavy atom. The smallest absolute Gasteiger partial charge is 0.220 e. The largest absolute Gasteiger partial charge is 0.354 e. The number of nitrogens with one attached hydrogen (secondary N) is 1. The van der Waals surface area contributed by atoms with Gasteiger partial charge in [0.25, 0.3) is 0 Å². The molecule has 128 valence electrons. The van der Waals surface area contributed by atoms with Crippen LogP contribution in [0, 0.1) is 6.92 Å². The Morgan fingerprint density at radius 1 is 1.50 bits per heavy atom. The fourth-order valence-electron chi connectivity index (χ4n) is 3.10. The first kappa shape index (κ1) is 17.2. The van der Waals surface area contributed by atoms with Crippen LogP contribution in [0.3, 0.4) is 0 Å². The van der Waals surface area contributed by atoms with Crippen LogP contribution in [0.1, 0.15) is 30.4 Å². The van der Waals surface area contributed by atoms with Crippen LogP contribution in [0.5, 0.6) is 0 Å². The molecule has 1 aliphatic rings. The van der Waals surface area contributed by atoms with Gasteiger partial charge >= 0.3 is 0 Å². The Labute approximate surface area is 151 Å². The highest BCUT2D eigenvalue weighted by Crippen LogP contribution is 2.26. The first-order chi connectivity index (χ1) is 11.6. The molecular formula is C18H22ClN3OS. The number of nitrogens with zero attached hydrogens (tertiary/aromatic N) is 2. The second-order valence-electron chi connectivity index (χ2n) is 6.19. The fourth-order valence-corrected chi connectivity index (χ4v) is 3.96. The zero-order valence-electron chi connectivity index (χ0n) is 13.8. The molecule has 1 N–H and O–H groups in total. The second-order valence-corrected chi connectivity index (χ2v) is 7.47. The van der Waals surface area contributed by atoms with Gasteiger partial charge in [-0.05, 0) is 43.4 Å². The number of benzene rings is 1. The van der Waals surface area contributed by atoms with Gasteiger partial charge in [0.1, 0.15) is 0 Å². The van der Waals surface area contributed by atoms with Gasteiger partial charge in [-0.3, -0.25) is 4.79 Å². The zero-order chi connectivity index (χ0) is 16.9. The third-order valence-corrected chi connectivity index (χ3v) is 5.67. The van der Waals surface area contributed by atoms with E-state index >= 15 is 0 Å². The van der Waals surface area contributed by atoms with E-state index in [0.29, 0.717) is 19.0 Å². The molecule has 1 aromatic carbocycles. The van der Waals surface area contributed by atoms with E-state index in [-0.39, 0.29) is 5.91 Å². The summed E-state index contributed by atoms with van der Waals surface area (Å²) in [7, 11) is 0. The lowest BCUT2D eigenvalue weighted by molar-refractivity contribution is -0.121. The number of rotatable bonds is 6. The molecule has 3 rings (SSSR count). The summed E-state index contributed by atoms with van der Waals surface area (Å²) in [5, 5.41) is 6.91. The van der Waals surface area contributed by atoms with Crippen LogP contribution >= 0.6 is 22.9 Å². The van der Waals surface area contributed by atoms with Crippen molar-refractivity contribution in [1.82, 2.24) is 10.3 Å². The number of hydrogen-bond acceptors (Lipinski definition) is 4. The van der Waals surface area contributed by atoms with E-state index in [1.165, 1.54) is 0 Å². The Kier molecular flexibility index (Phi) is 5.74. The maximum Gasteiger partial charge on any atom is 0.220 e. The number of carbonyl (C=O) groups is 1. The van der Waals surface area contributed by atoms with Crippen molar-refractivity contribution in [3.63, 3.8) is 0 Å². The summed E-state index contributed by atoms with van der Waals surface area (Å²) < 4.78 is 0. The normalized spacial score (nSPS) is 17.2. The van der Waals surface area contributed by atoms with Gasteiger partial charge in [0.15, 0.2) is 5.13 Å². The van der Waals surface area contributed by atoms with Gasteiger partial charge in [0, 0.05) is 42.2 Å². The lowest BCUT2D eigenvalue weighted by Gasteiger charge is -2.24. The Balaban J connectivity index is 1.46. The van der Waals surface area contributed by atoms with Crippen molar-refractivity contribution >= 4 is 34.0 Å². The maximum absolute atomic E-state index is 12.1. The van der Waals surface area contributed by atoms with Crippen molar-refractivity contribution in [3.05, 3.63) is 45.9 Å². The molecule has 2 heterocycles. The van der Waals surface area contributed by atoms with E-state index in [1.54, 1.807) is 11.3 Å². The molecule has 0 spiro atoms. The van der Waals surface area contributed by atoms with Gasteiger partial charge in [0.2, 0.25) is 5.91 Å². The van der Waals surface area contributed by atoms with E-state index in [9.17, 15) is 4.79 Å². The van der Waals surface area contributed by atoms with Gasteiger partial charge in [-0.25, -0.2) is 4.98 Å². The quantitative estimate of drug-likeness (QED) is 0.848. The van der Waals surface area contributed by atoms with Crippen LogP contribution in [0.4, 0.5) is 5.13 Å². The minimum atomic E-state index is 0.105. The predicted molar refractivity (Wildman–Crippen MR) is 100 cm³/mol. The van der Waals surface area contributed by atoms with Crippen molar-refractivity contribution in [2.24, 2.45) is 0 Å². The standard InChI is InChI=1S/C18H22ClN3OS/c1-13-11-14(4-6-16(13)19)5-7-17(23)21-12-15-3-2-9-22(15)18-20-8-10-24-18/h4,6,8,10-11,15H,2-3,5,7,9,12H2,1H3,(H,21,23). The lowest BCUT2D eigenvalue weighted by atomic mass is 10.1. The molecule has 1 unspecified atom stereocenters. The second kappa shape index (κ2) is 7.99. The van der Waals surface area contributed by atoms with Gasteiger partial charge in [-0.15, -0.1) is 11.3 Å². The molecular weight excluding hydrogens is 342 g/mol. The van der Waals surface area contributed by atoms with Crippen LogP contribution in [0.25, 0.3) is 0 Å². The molecule has 24 heavy (non-hydrogen) atoms. The molecule has 4 nitrogen and oxygen atoms in total. The SMILES string of the molecule is Cc1cc(CCC(=O)NCC2CCCN2c2nccs2)ccc1Cl. The summed E-state index contributed by atoms with van der Waals surface area (Å²) in [4.78, 5) is 18.9. The fraction of sp³-hybridized carbons (Fsp3) is 0.444. The van der Waals surface area contributed by atoms with Gasteiger partial charge in [-0.1, -0.05) is 23.7 Å². The highest BCUT2D eigenvalue weighted by molar-refractivity contribution is 7.13. The number of aromatic nitrogens is 1. The minimum Gasteiger partial charge on any atom is -0.354 e. The molecule has 1 aromatic heterocycles. The number of halogens is 1. The van der Waals surface area contributed by atoms with E-state index in [2.05, 4.69) is 21.3 Å². The Morgan fingerprint density at radius 3 is 3.12 bits per heavy atom. The van der Waals surface area contributed by atoms with Gasteiger partial charge < -0.3 is 10.2 Å². The third-order valence-electron chi connectivity index (χ3n) is 4.44. The highest BCUT2D eigenvalue weighted by atomic mass is 35.5. The molecule has 1 aliphatic heterocycles. The van der Waals surface area contributed by atoms with Gasteiger partial charge in [0.05, 0.1) is 0 Å². The van der Waals surface area contributed by atoms with Gasteiger partial charge in [-0.2, -0.15) is 0 Å². The lowest BCUT2D eigenvalue weighted by Crippen LogP contribution is -2.40. The van der Waals surface area contributed by atoms with Crippen molar-refractivity contribution in [3.8, 4) is 0 Å². The summed E-state index contributed by atoms with van der Waals surface area (Å²) in [6.07, 6.45) is 5.35. The van der Waals surface area contributed by atoms with Crippen molar-refractivity contribution in [2.45, 2.75) is 38.6 Å². The summed E-state index contributed by atoms with van der Waals surface area (Å²) in [6.45, 7) is 3.70. The molecule has 1 amide bonds. The molecule has 1 atom stereocenters. The van der Waals surface area contributed by atoms with E-state index < -0.39 is 0 Å². The summed E-state index contributed by atoms with van der Waals surface area (Å²) in [6, 6.07) is 6.30. The predicted octanol–water partition coefficient (Wildman–Crippen LogP) is 3.82. The average molecular weight is 364 g/mol. The zero-order valence-corrected chi connectivity index (χ0v) is 15.4. The molecule has 0 bridgehead atoms.